The fourth-order valence-corrected chi connectivity index (χ4v) is 2.30. The van der Waals surface area contributed by atoms with Crippen molar-refractivity contribution < 1.29 is 14.1 Å². The van der Waals surface area contributed by atoms with Crippen molar-refractivity contribution >= 4 is 13.5 Å². The lowest BCUT2D eigenvalue weighted by Gasteiger charge is -2.32. The first-order valence-electron chi connectivity index (χ1n) is 7.24. The zero-order valence-corrected chi connectivity index (χ0v) is 13.7. The number of amides is 1. The van der Waals surface area contributed by atoms with Crippen molar-refractivity contribution in [2.45, 2.75) is 72.0 Å². The molecule has 0 aromatic rings. The van der Waals surface area contributed by atoms with Crippen LogP contribution >= 0.6 is 0 Å². The van der Waals surface area contributed by atoms with Gasteiger partial charge in [-0.3, -0.25) is 4.79 Å². The average molecular weight is 281 g/mol. The largest absolute Gasteiger partial charge is 0.490 e. The number of carbonyl (C=O) groups excluding carboxylic acids is 1. The van der Waals surface area contributed by atoms with Crippen LogP contribution in [0.5, 0.6) is 0 Å². The van der Waals surface area contributed by atoms with E-state index in [1.807, 2.05) is 0 Å². The average Bonchev–Trinajstić information content (AvgIpc) is 2.49. The van der Waals surface area contributed by atoms with Crippen molar-refractivity contribution in [2.75, 3.05) is 0 Å². The van der Waals surface area contributed by atoms with Crippen molar-refractivity contribution in [3.05, 3.63) is 11.5 Å². The topological polar surface area (TPSA) is 61.6 Å². The van der Waals surface area contributed by atoms with Gasteiger partial charge in [0.05, 0.1) is 11.2 Å². The molecule has 1 amide bonds. The molecule has 1 saturated heterocycles. The predicted octanol–water partition coefficient (Wildman–Crippen LogP) is 2.86. The Kier molecular flexibility index (Phi) is 5.09. The second-order valence-electron chi connectivity index (χ2n) is 7.37. The molecule has 20 heavy (non-hydrogen) atoms. The van der Waals surface area contributed by atoms with Crippen LogP contribution in [0, 0.1) is 5.41 Å². The molecule has 2 N–H and O–H groups in total. The number of hydrogen-bond donors (Lipinski definition) is 1. The number of hydrogen-bond acceptors (Lipinski definition) is 3. The summed E-state index contributed by atoms with van der Waals surface area (Å²) in [6.07, 6.45) is 6.03. The summed E-state index contributed by atoms with van der Waals surface area (Å²) in [6, 6.07) is 0. The van der Waals surface area contributed by atoms with Crippen LogP contribution in [0.15, 0.2) is 11.5 Å². The zero-order valence-electron chi connectivity index (χ0n) is 13.7. The fraction of sp³-hybridized carbons (Fsp3) is 0.800. The Morgan fingerprint density at radius 3 is 1.95 bits per heavy atom. The Hall–Kier alpha value is -0.805. The number of allylic oxidation sites excluding steroid dienone is 2. The Balaban J connectivity index is 0.000000612. The third-order valence-electron chi connectivity index (χ3n) is 4.56. The first-order chi connectivity index (χ1) is 9.04. The zero-order chi connectivity index (χ0) is 15.6. The van der Waals surface area contributed by atoms with E-state index in [4.69, 9.17) is 14.1 Å². The van der Waals surface area contributed by atoms with E-state index < -0.39 is 0 Å². The molecule has 0 saturated carbocycles. The van der Waals surface area contributed by atoms with Gasteiger partial charge in [-0.25, -0.2) is 0 Å². The molecule has 1 aliphatic carbocycles. The monoisotopic (exact) mass is 281 g/mol. The van der Waals surface area contributed by atoms with E-state index in [1.54, 1.807) is 0 Å². The SMILES string of the molecule is CC1(C)CC=C(B2OC(C)(C)C(C)(C)O2)CC1.NC=O. The minimum Gasteiger partial charge on any atom is -0.400 e. The first kappa shape index (κ1) is 17.2. The minimum absolute atomic E-state index is 0.129. The Bertz CT molecular complexity index is 373. The second kappa shape index (κ2) is 5.90. The highest BCUT2D eigenvalue weighted by Crippen LogP contribution is 2.42. The van der Waals surface area contributed by atoms with Gasteiger partial charge in [-0.15, -0.1) is 0 Å². The van der Waals surface area contributed by atoms with E-state index in [0.29, 0.717) is 5.41 Å². The molecule has 0 bridgehead atoms. The summed E-state index contributed by atoms with van der Waals surface area (Å²) < 4.78 is 12.2. The summed E-state index contributed by atoms with van der Waals surface area (Å²) in [5, 5.41) is 0. The molecule has 0 atom stereocenters. The molecule has 4 nitrogen and oxygen atoms in total. The first-order valence-corrected chi connectivity index (χ1v) is 7.24. The van der Waals surface area contributed by atoms with Crippen molar-refractivity contribution in [2.24, 2.45) is 11.1 Å². The van der Waals surface area contributed by atoms with Gasteiger partial charge < -0.3 is 15.0 Å². The lowest BCUT2D eigenvalue weighted by atomic mass is 9.67. The van der Waals surface area contributed by atoms with Crippen LogP contribution in [0.2, 0.25) is 0 Å². The second-order valence-corrected chi connectivity index (χ2v) is 7.37. The van der Waals surface area contributed by atoms with Crippen LogP contribution in [-0.2, 0) is 14.1 Å². The minimum atomic E-state index is -0.217. The highest BCUT2D eigenvalue weighted by molar-refractivity contribution is 6.54. The van der Waals surface area contributed by atoms with E-state index in [9.17, 15) is 0 Å². The van der Waals surface area contributed by atoms with Gasteiger partial charge in [-0.1, -0.05) is 19.9 Å². The number of primary amides is 1. The summed E-state index contributed by atoms with van der Waals surface area (Å²) in [7, 11) is -0.129. The van der Waals surface area contributed by atoms with Crippen molar-refractivity contribution in [1.82, 2.24) is 0 Å². The molecule has 0 aromatic heterocycles. The van der Waals surface area contributed by atoms with Gasteiger partial charge in [0, 0.05) is 0 Å². The van der Waals surface area contributed by atoms with Gasteiger partial charge in [0.15, 0.2) is 0 Å². The molecular formula is C15H28BNO3. The Morgan fingerprint density at radius 2 is 1.60 bits per heavy atom. The number of nitrogens with two attached hydrogens (primary N) is 1. The van der Waals surface area contributed by atoms with E-state index in [1.165, 1.54) is 11.9 Å². The quantitative estimate of drug-likeness (QED) is 0.594. The van der Waals surface area contributed by atoms with E-state index in [2.05, 4.69) is 53.4 Å². The summed E-state index contributed by atoms with van der Waals surface area (Å²) >= 11 is 0. The van der Waals surface area contributed by atoms with Crippen LogP contribution in [0.3, 0.4) is 0 Å². The molecule has 114 valence electrons. The lowest BCUT2D eigenvalue weighted by Crippen LogP contribution is -2.41. The van der Waals surface area contributed by atoms with Gasteiger partial charge in [0.1, 0.15) is 0 Å². The Morgan fingerprint density at radius 1 is 1.15 bits per heavy atom. The number of rotatable bonds is 1. The summed E-state index contributed by atoms with van der Waals surface area (Å²) in [5.41, 5.74) is 5.51. The highest BCUT2D eigenvalue weighted by Gasteiger charge is 2.52. The fourth-order valence-electron chi connectivity index (χ4n) is 2.30. The van der Waals surface area contributed by atoms with Crippen LogP contribution < -0.4 is 5.73 Å². The Labute approximate surface area is 123 Å². The third-order valence-corrected chi connectivity index (χ3v) is 4.56. The molecule has 1 fully saturated rings. The van der Waals surface area contributed by atoms with Gasteiger partial charge in [0.25, 0.3) is 0 Å². The summed E-state index contributed by atoms with van der Waals surface area (Å²) in [5.74, 6) is 0. The molecule has 2 rings (SSSR count). The lowest BCUT2D eigenvalue weighted by molar-refractivity contribution is -0.106. The molecule has 0 unspecified atom stereocenters. The van der Waals surface area contributed by atoms with E-state index in [-0.39, 0.29) is 24.7 Å². The maximum atomic E-state index is 8.58. The summed E-state index contributed by atoms with van der Waals surface area (Å²) in [6.45, 7) is 13.1. The normalized spacial score (nSPS) is 26.3. The van der Waals surface area contributed by atoms with E-state index in [0.717, 1.165) is 12.8 Å². The molecule has 0 radical (unpaired) electrons. The van der Waals surface area contributed by atoms with Crippen LogP contribution in [0.4, 0.5) is 0 Å². The van der Waals surface area contributed by atoms with Crippen LogP contribution in [-0.4, -0.2) is 24.7 Å². The number of carbonyl (C=O) groups is 1. The smallest absolute Gasteiger partial charge is 0.400 e. The maximum absolute atomic E-state index is 8.58. The van der Waals surface area contributed by atoms with Gasteiger partial charge in [-0.05, 0) is 57.8 Å². The molecule has 5 heteroatoms. The molecule has 1 aliphatic heterocycles. The summed E-state index contributed by atoms with van der Waals surface area (Å²) in [4.78, 5) is 8.58. The third kappa shape index (κ3) is 3.86. The molecule has 0 spiro atoms. The van der Waals surface area contributed by atoms with Crippen LogP contribution in [0.25, 0.3) is 0 Å². The molecular weight excluding hydrogens is 253 g/mol. The van der Waals surface area contributed by atoms with Gasteiger partial charge in [0.2, 0.25) is 6.41 Å². The van der Waals surface area contributed by atoms with Crippen molar-refractivity contribution in [3.8, 4) is 0 Å². The van der Waals surface area contributed by atoms with Gasteiger partial charge >= 0.3 is 7.12 Å². The molecule has 0 aromatic carbocycles. The maximum Gasteiger partial charge on any atom is 0.490 e. The van der Waals surface area contributed by atoms with Gasteiger partial charge in [-0.2, -0.15) is 0 Å². The predicted molar refractivity (Wildman–Crippen MR) is 82.0 cm³/mol. The van der Waals surface area contributed by atoms with E-state index >= 15 is 0 Å². The van der Waals surface area contributed by atoms with Crippen molar-refractivity contribution in [1.29, 1.82) is 0 Å². The van der Waals surface area contributed by atoms with Crippen LogP contribution in [0.1, 0.15) is 60.8 Å². The molecule has 1 heterocycles. The standard InChI is InChI=1S/C14H25BO2.CH3NO/c1-12(2)9-7-11(8-10-12)15-16-13(3,4)14(5,6)17-15;2-1-3/h7H,8-10H2,1-6H3;1H,(H2,2,3). The van der Waals surface area contributed by atoms with Crippen molar-refractivity contribution in [3.63, 3.8) is 0 Å². The highest BCUT2D eigenvalue weighted by atomic mass is 16.7. The molecule has 2 aliphatic rings.